The molecule has 4 nitrogen and oxygen atoms in total. The van der Waals surface area contributed by atoms with Gasteiger partial charge in [0.05, 0.1) is 6.61 Å². The lowest BCUT2D eigenvalue weighted by molar-refractivity contribution is -0.143. The van der Waals surface area contributed by atoms with Gasteiger partial charge in [-0.25, -0.2) is 0 Å². The van der Waals surface area contributed by atoms with Crippen LogP contribution in [0.2, 0.25) is 0 Å². The summed E-state index contributed by atoms with van der Waals surface area (Å²) in [6.45, 7) is 5.29. The molecule has 2 atom stereocenters. The number of rotatable bonds is 6. The standard InChI is InChI=1S/C10H20N2O2/c1-4-14-10(13)9-8-12(9)7-5-6-11(2)3/h9H,4-8H2,1-3H3. The average molecular weight is 200 g/mol. The molecule has 0 spiro atoms. The summed E-state index contributed by atoms with van der Waals surface area (Å²) in [7, 11) is 4.12. The summed E-state index contributed by atoms with van der Waals surface area (Å²) in [5.41, 5.74) is 0. The molecule has 4 heteroatoms. The van der Waals surface area contributed by atoms with Crippen LogP contribution in [0.5, 0.6) is 0 Å². The van der Waals surface area contributed by atoms with Crippen molar-refractivity contribution < 1.29 is 9.53 Å². The Labute approximate surface area is 85.8 Å². The zero-order valence-electron chi connectivity index (χ0n) is 9.32. The molecule has 0 amide bonds. The summed E-state index contributed by atoms with van der Waals surface area (Å²) >= 11 is 0. The Morgan fingerprint density at radius 2 is 2.29 bits per heavy atom. The molecule has 0 N–H and O–H groups in total. The zero-order chi connectivity index (χ0) is 10.6. The first-order valence-electron chi connectivity index (χ1n) is 5.20. The average Bonchev–Trinajstić information content (AvgIpc) is 2.84. The molecule has 0 radical (unpaired) electrons. The van der Waals surface area contributed by atoms with Crippen LogP contribution in [-0.2, 0) is 9.53 Å². The maximum Gasteiger partial charge on any atom is 0.324 e. The fourth-order valence-electron chi connectivity index (χ4n) is 1.47. The Hall–Kier alpha value is -0.610. The SMILES string of the molecule is CCOC(=O)C1CN1CCCN(C)C. The highest BCUT2D eigenvalue weighted by molar-refractivity contribution is 5.79. The number of hydrogen-bond donors (Lipinski definition) is 0. The third kappa shape index (κ3) is 3.64. The molecule has 2 unspecified atom stereocenters. The van der Waals surface area contributed by atoms with Crippen molar-refractivity contribution >= 4 is 5.97 Å². The summed E-state index contributed by atoms with van der Waals surface area (Å²) < 4.78 is 4.93. The van der Waals surface area contributed by atoms with Crippen LogP contribution in [0.3, 0.4) is 0 Å². The maximum absolute atomic E-state index is 11.2. The predicted molar refractivity (Wildman–Crippen MR) is 55.2 cm³/mol. The molecule has 1 aliphatic heterocycles. The van der Waals surface area contributed by atoms with Crippen molar-refractivity contribution in [2.45, 2.75) is 19.4 Å². The molecule has 0 aromatic carbocycles. The van der Waals surface area contributed by atoms with Gasteiger partial charge >= 0.3 is 5.97 Å². The van der Waals surface area contributed by atoms with Crippen molar-refractivity contribution in [2.75, 3.05) is 40.3 Å². The highest BCUT2D eigenvalue weighted by atomic mass is 16.5. The topological polar surface area (TPSA) is 32.6 Å². The molecule has 0 saturated carbocycles. The van der Waals surface area contributed by atoms with Crippen LogP contribution in [0.25, 0.3) is 0 Å². The molecule has 1 rings (SSSR count). The summed E-state index contributed by atoms with van der Waals surface area (Å²) in [6.07, 6.45) is 1.11. The molecular weight excluding hydrogens is 180 g/mol. The number of carbonyl (C=O) groups is 1. The van der Waals surface area contributed by atoms with E-state index in [0.717, 1.165) is 26.1 Å². The quantitative estimate of drug-likeness (QED) is 0.452. The Morgan fingerprint density at radius 3 is 2.86 bits per heavy atom. The van der Waals surface area contributed by atoms with Crippen molar-refractivity contribution in [2.24, 2.45) is 0 Å². The largest absolute Gasteiger partial charge is 0.465 e. The van der Waals surface area contributed by atoms with E-state index < -0.39 is 0 Å². The maximum atomic E-state index is 11.2. The van der Waals surface area contributed by atoms with Crippen molar-refractivity contribution in [1.82, 2.24) is 9.80 Å². The van der Waals surface area contributed by atoms with Gasteiger partial charge in [0.25, 0.3) is 0 Å². The molecule has 1 fully saturated rings. The minimum absolute atomic E-state index is 0.0529. The highest BCUT2D eigenvalue weighted by Gasteiger charge is 2.40. The molecule has 1 heterocycles. The number of hydrogen-bond acceptors (Lipinski definition) is 4. The van der Waals surface area contributed by atoms with Crippen LogP contribution < -0.4 is 0 Å². The third-order valence-corrected chi connectivity index (χ3v) is 2.32. The van der Waals surface area contributed by atoms with E-state index in [2.05, 4.69) is 23.9 Å². The predicted octanol–water partition coefficient (Wildman–Crippen LogP) is 0.185. The van der Waals surface area contributed by atoms with Crippen LogP contribution in [0, 0.1) is 0 Å². The fraction of sp³-hybridized carbons (Fsp3) is 0.900. The first kappa shape index (κ1) is 11.5. The number of nitrogens with zero attached hydrogens (tertiary/aromatic N) is 2. The molecule has 0 aromatic rings. The molecule has 0 aromatic heterocycles. The van der Waals surface area contributed by atoms with Gasteiger partial charge in [0.2, 0.25) is 0 Å². The third-order valence-electron chi connectivity index (χ3n) is 2.32. The Bertz CT molecular complexity index is 195. The number of esters is 1. The lowest BCUT2D eigenvalue weighted by Crippen LogP contribution is -2.20. The summed E-state index contributed by atoms with van der Waals surface area (Å²) in [4.78, 5) is 15.5. The number of ether oxygens (including phenoxy) is 1. The lowest BCUT2D eigenvalue weighted by atomic mass is 10.4. The highest BCUT2D eigenvalue weighted by Crippen LogP contribution is 2.18. The van der Waals surface area contributed by atoms with Gasteiger partial charge in [-0.05, 0) is 34.0 Å². The monoisotopic (exact) mass is 200 g/mol. The number of carbonyl (C=O) groups excluding carboxylic acids is 1. The van der Waals surface area contributed by atoms with E-state index in [1.165, 1.54) is 0 Å². The minimum Gasteiger partial charge on any atom is -0.465 e. The van der Waals surface area contributed by atoms with E-state index in [0.29, 0.717) is 6.61 Å². The van der Waals surface area contributed by atoms with Crippen molar-refractivity contribution in [1.29, 1.82) is 0 Å². The van der Waals surface area contributed by atoms with E-state index in [4.69, 9.17) is 4.74 Å². The summed E-state index contributed by atoms with van der Waals surface area (Å²) in [6, 6.07) is 0.0529. The van der Waals surface area contributed by atoms with E-state index in [-0.39, 0.29) is 12.0 Å². The van der Waals surface area contributed by atoms with Crippen molar-refractivity contribution in [3.63, 3.8) is 0 Å². The summed E-state index contributed by atoms with van der Waals surface area (Å²) in [5.74, 6) is -0.0580. The normalized spacial score (nSPS) is 25.1. The van der Waals surface area contributed by atoms with Crippen LogP contribution in [-0.4, -0.2) is 62.1 Å². The second-order valence-corrected chi connectivity index (χ2v) is 3.92. The Morgan fingerprint density at radius 1 is 1.57 bits per heavy atom. The molecular formula is C10H20N2O2. The van der Waals surface area contributed by atoms with Crippen LogP contribution in [0.15, 0.2) is 0 Å². The van der Waals surface area contributed by atoms with Crippen LogP contribution in [0.1, 0.15) is 13.3 Å². The van der Waals surface area contributed by atoms with Gasteiger partial charge in [0.1, 0.15) is 6.04 Å². The van der Waals surface area contributed by atoms with Gasteiger partial charge in [0.15, 0.2) is 0 Å². The Kier molecular flexibility index (Phi) is 4.35. The molecule has 1 aliphatic rings. The van der Waals surface area contributed by atoms with E-state index in [1.54, 1.807) is 0 Å². The smallest absolute Gasteiger partial charge is 0.324 e. The van der Waals surface area contributed by atoms with Crippen LogP contribution in [0.4, 0.5) is 0 Å². The van der Waals surface area contributed by atoms with E-state index in [9.17, 15) is 4.79 Å². The van der Waals surface area contributed by atoms with Gasteiger partial charge in [-0.15, -0.1) is 0 Å². The summed E-state index contributed by atoms with van der Waals surface area (Å²) in [5, 5.41) is 0. The van der Waals surface area contributed by atoms with E-state index >= 15 is 0 Å². The Balaban J connectivity index is 2.05. The second-order valence-electron chi connectivity index (χ2n) is 3.92. The first-order chi connectivity index (χ1) is 6.65. The molecule has 82 valence electrons. The van der Waals surface area contributed by atoms with E-state index in [1.807, 2.05) is 6.92 Å². The van der Waals surface area contributed by atoms with Crippen molar-refractivity contribution in [3.8, 4) is 0 Å². The van der Waals surface area contributed by atoms with Crippen LogP contribution >= 0.6 is 0 Å². The van der Waals surface area contributed by atoms with Gasteiger partial charge < -0.3 is 9.64 Å². The van der Waals surface area contributed by atoms with Gasteiger partial charge in [-0.3, -0.25) is 9.69 Å². The van der Waals surface area contributed by atoms with Crippen molar-refractivity contribution in [3.05, 3.63) is 0 Å². The molecule has 0 aliphatic carbocycles. The van der Waals surface area contributed by atoms with Gasteiger partial charge in [-0.2, -0.15) is 0 Å². The van der Waals surface area contributed by atoms with Gasteiger partial charge in [-0.1, -0.05) is 0 Å². The minimum atomic E-state index is -0.0580. The fourth-order valence-corrected chi connectivity index (χ4v) is 1.47. The zero-order valence-corrected chi connectivity index (χ0v) is 9.32. The lowest BCUT2D eigenvalue weighted by Gasteiger charge is -2.09. The first-order valence-corrected chi connectivity index (χ1v) is 5.20. The van der Waals surface area contributed by atoms with Gasteiger partial charge in [0, 0.05) is 13.1 Å². The molecule has 0 bridgehead atoms. The molecule has 14 heavy (non-hydrogen) atoms. The molecule has 1 saturated heterocycles. The second kappa shape index (κ2) is 5.32.